The van der Waals surface area contributed by atoms with Crippen LogP contribution in [-0.4, -0.2) is 38.5 Å². The van der Waals surface area contributed by atoms with E-state index in [0.717, 1.165) is 25.7 Å². The van der Waals surface area contributed by atoms with Crippen molar-refractivity contribution in [2.75, 3.05) is 26.3 Å². The van der Waals surface area contributed by atoms with Gasteiger partial charge in [0.15, 0.2) is 11.5 Å². The lowest BCUT2D eigenvalue weighted by Gasteiger charge is -2.21. The Bertz CT molecular complexity index is 827. The number of hydrogen-bond donors (Lipinski definition) is 2. The molecule has 2 amide bonds. The number of benzene rings is 2. The van der Waals surface area contributed by atoms with E-state index >= 15 is 0 Å². The summed E-state index contributed by atoms with van der Waals surface area (Å²) in [6.07, 6.45) is 2.43. The Morgan fingerprint density at radius 3 is 1.44 bits per heavy atom. The van der Waals surface area contributed by atoms with Gasteiger partial charge in [0.05, 0.1) is 13.2 Å². The summed E-state index contributed by atoms with van der Waals surface area (Å²) in [5.74, 6) is 0.877. The summed E-state index contributed by atoms with van der Waals surface area (Å²) in [5, 5.41) is 6.62. The van der Waals surface area contributed by atoms with Gasteiger partial charge in [-0.1, -0.05) is 51.0 Å². The molecule has 0 saturated carbocycles. The predicted octanol–water partition coefficient (Wildman–Crippen LogP) is 5.41. The zero-order valence-electron chi connectivity index (χ0n) is 19.4. The molecule has 0 saturated heterocycles. The quantitative estimate of drug-likeness (QED) is 0.423. The molecule has 0 aromatic heterocycles. The standard InChI is InChI=1S/C24H34N2O6/c1-5-9-15-25-23(27)31-19-17-13-11-12-14-18(17)20(32-24(28)26-16-10-6-2)22(30-8-4)21(19)29-7-3/h11-14H,5-10,15-16H2,1-4H3,(H,25,27)(H,26,28). The summed E-state index contributed by atoms with van der Waals surface area (Å²) in [6.45, 7) is 9.33. The van der Waals surface area contributed by atoms with Crippen molar-refractivity contribution in [3.63, 3.8) is 0 Å². The summed E-state index contributed by atoms with van der Waals surface area (Å²) in [4.78, 5) is 24.9. The number of carbonyl (C=O) groups excluding carboxylic acids is 2. The Morgan fingerprint density at radius 2 is 1.09 bits per heavy atom. The highest BCUT2D eigenvalue weighted by molar-refractivity contribution is 6.01. The molecule has 2 N–H and O–H groups in total. The number of rotatable bonds is 12. The monoisotopic (exact) mass is 446 g/mol. The molecule has 0 fully saturated rings. The number of amides is 2. The highest BCUT2D eigenvalue weighted by atomic mass is 16.6. The summed E-state index contributed by atoms with van der Waals surface area (Å²) in [6, 6.07) is 7.19. The Balaban J connectivity index is 2.54. The summed E-state index contributed by atoms with van der Waals surface area (Å²) < 4.78 is 23.0. The molecule has 176 valence electrons. The van der Waals surface area contributed by atoms with E-state index in [1.807, 2.05) is 39.8 Å². The van der Waals surface area contributed by atoms with Gasteiger partial charge in [0, 0.05) is 23.9 Å². The SMILES string of the molecule is CCCCNC(=O)Oc1c(OCC)c(OCC)c(OC(=O)NCCCC)c2ccccc12. The molecule has 0 aliphatic carbocycles. The molecule has 8 nitrogen and oxygen atoms in total. The molecular weight excluding hydrogens is 412 g/mol. The van der Waals surface area contributed by atoms with Crippen molar-refractivity contribution in [3.8, 4) is 23.0 Å². The average Bonchev–Trinajstić information content (AvgIpc) is 2.78. The fourth-order valence-electron chi connectivity index (χ4n) is 3.08. The number of fused-ring (bicyclic) bond motifs is 1. The van der Waals surface area contributed by atoms with Crippen molar-refractivity contribution >= 4 is 23.0 Å². The molecule has 2 rings (SSSR count). The maximum Gasteiger partial charge on any atom is 0.412 e. The first-order valence-electron chi connectivity index (χ1n) is 11.3. The maximum absolute atomic E-state index is 12.4. The number of hydrogen-bond acceptors (Lipinski definition) is 6. The fraction of sp³-hybridized carbons (Fsp3) is 0.500. The minimum Gasteiger partial charge on any atom is -0.487 e. The third-order valence-corrected chi connectivity index (χ3v) is 4.60. The molecule has 0 bridgehead atoms. The first kappa shape index (κ1) is 25.1. The van der Waals surface area contributed by atoms with Crippen molar-refractivity contribution < 1.29 is 28.5 Å². The smallest absolute Gasteiger partial charge is 0.412 e. The van der Waals surface area contributed by atoms with Gasteiger partial charge in [-0.15, -0.1) is 0 Å². The Morgan fingerprint density at radius 1 is 0.688 bits per heavy atom. The second-order valence-electron chi connectivity index (χ2n) is 7.07. The van der Waals surface area contributed by atoms with E-state index < -0.39 is 12.2 Å². The van der Waals surface area contributed by atoms with E-state index in [-0.39, 0.29) is 23.0 Å². The number of unbranched alkanes of at least 4 members (excludes halogenated alkanes) is 2. The highest BCUT2D eigenvalue weighted by Crippen LogP contribution is 2.51. The van der Waals surface area contributed by atoms with Crippen LogP contribution < -0.4 is 29.6 Å². The lowest BCUT2D eigenvalue weighted by atomic mass is 10.1. The topological polar surface area (TPSA) is 95.1 Å². The number of ether oxygens (including phenoxy) is 4. The molecule has 2 aromatic carbocycles. The fourth-order valence-corrected chi connectivity index (χ4v) is 3.08. The van der Waals surface area contributed by atoms with Gasteiger partial charge >= 0.3 is 12.2 Å². The third-order valence-electron chi connectivity index (χ3n) is 4.60. The highest BCUT2D eigenvalue weighted by Gasteiger charge is 2.27. The van der Waals surface area contributed by atoms with Crippen LogP contribution >= 0.6 is 0 Å². The van der Waals surface area contributed by atoms with Gasteiger partial charge in [0.2, 0.25) is 11.5 Å². The first-order chi connectivity index (χ1) is 15.6. The van der Waals surface area contributed by atoms with E-state index in [2.05, 4.69) is 10.6 Å². The van der Waals surface area contributed by atoms with Crippen molar-refractivity contribution in [1.82, 2.24) is 10.6 Å². The Kier molecular flexibility index (Phi) is 10.4. The third kappa shape index (κ3) is 6.67. The van der Waals surface area contributed by atoms with E-state index in [1.54, 1.807) is 12.1 Å². The zero-order chi connectivity index (χ0) is 23.3. The molecule has 8 heteroatoms. The molecular formula is C24H34N2O6. The van der Waals surface area contributed by atoms with E-state index in [1.165, 1.54) is 0 Å². The summed E-state index contributed by atoms with van der Waals surface area (Å²) in [7, 11) is 0. The molecule has 0 heterocycles. The molecule has 2 aromatic rings. The van der Waals surface area contributed by atoms with Gasteiger partial charge in [-0.3, -0.25) is 0 Å². The lowest BCUT2D eigenvalue weighted by molar-refractivity contribution is 0.192. The lowest BCUT2D eigenvalue weighted by Crippen LogP contribution is -2.28. The molecule has 0 atom stereocenters. The second kappa shape index (κ2) is 13.3. The zero-order valence-corrected chi connectivity index (χ0v) is 19.4. The summed E-state index contributed by atoms with van der Waals surface area (Å²) in [5.41, 5.74) is 0. The van der Waals surface area contributed by atoms with E-state index in [9.17, 15) is 9.59 Å². The van der Waals surface area contributed by atoms with Crippen molar-refractivity contribution in [2.45, 2.75) is 53.4 Å². The number of nitrogens with one attached hydrogen (secondary N) is 2. The van der Waals surface area contributed by atoms with Crippen molar-refractivity contribution in [3.05, 3.63) is 24.3 Å². The van der Waals surface area contributed by atoms with Crippen LogP contribution in [0.3, 0.4) is 0 Å². The largest absolute Gasteiger partial charge is 0.487 e. The maximum atomic E-state index is 12.4. The minimum absolute atomic E-state index is 0.218. The van der Waals surface area contributed by atoms with Crippen LogP contribution in [0.2, 0.25) is 0 Å². The van der Waals surface area contributed by atoms with E-state index in [4.69, 9.17) is 18.9 Å². The van der Waals surface area contributed by atoms with Crippen LogP contribution in [0.15, 0.2) is 24.3 Å². The van der Waals surface area contributed by atoms with Crippen LogP contribution in [0.5, 0.6) is 23.0 Å². The Labute approximate surface area is 189 Å². The van der Waals surface area contributed by atoms with Crippen LogP contribution in [0.25, 0.3) is 10.8 Å². The average molecular weight is 447 g/mol. The molecule has 0 unspecified atom stereocenters. The minimum atomic E-state index is -0.585. The van der Waals surface area contributed by atoms with Crippen LogP contribution in [0.1, 0.15) is 53.4 Å². The van der Waals surface area contributed by atoms with Gasteiger partial charge in [0.1, 0.15) is 0 Å². The van der Waals surface area contributed by atoms with Gasteiger partial charge < -0.3 is 29.6 Å². The molecule has 0 aliphatic heterocycles. The van der Waals surface area contributed by atoms with E-state index in [0.29, 0.717) is 37.1 Å². The van der Waals surface area contributed by atoms with Gasteiger partial charge in [-0.2, -0.15) is 0 Å². The van der Waals surface area contributed by atoms with Crippen LogP contribution in [0, 0.1) is 0 Å². The normalized spacial score (nSPS) is 10.5. The molecule has 0 spiro atoms. The van der Waals surface area contributed by atoms with Gasteiger partial charge in [-0.25, -0.2) is 9.59 Å². The Hall–Kier alpha value is -3.16. The van der Waals surface area contributed by atoms with Crippen molar-refractivity contribution in [1.29, 1.82) is 0 Å². The predicted molar refractivity (Wildman–Crippen MR) is 124 cm³/mol. The number of carbonyl (C=O) groups is 2. The first-order valence-corrected chi connectivity index (χ1v) is 11.3. The molecule has 0 radical (unpaired) electrons. The summed E-state index contributed by atoms with van der Waals surface area (Å²) >= 11 is 0. The van der Waals surface area contributed by atoms with Crippen LogP contribution in [-0.2, 0) is 0 Å². The second-order valence-corrected chi connectivity index (χ2v) is 7.07. The van der Waals surface area contributed by atoms with Gasteiger partial charge in [0.25, 0.3) is 0 Å². The van der Waals surface area contributed by atoms with Crippen LogP contribution in [0.4, 0.5) is 9.59 Å². The molecule has 0 aliphatic rings. The van der Waals surface area contributed by atoms with Crippen molar-refractivity contribution in [2.24, 2.45) is 0 Å². The van der Waals surface area contributed by atoms with Gasteiger partial charge in [-0.05, 0) is 26.7 Å². The molecule has 32 heavy (non-hydrogen) atoms.